The van der Waals surface area contributed by atoms with Crippen molar-refractivity contribution in [3.05, 3.63) is 39.7 Å². The molecule has 9 heteroatoms. The Morgan fingerprint density at radius 2 is 2.07 bits per heavy atom. The summed E-state index contributed by atoms with van der Waals surface area (Å²) in [4.78, 5) is 44.9. The number of aromatic nitrogens is 1. The van der Waals surface area contributed by atoms with E-state index in [1.807, 2.05) is 6.92 Å². The molecule has 1 aliphatic carbocycles. The summed E-state index contributed by atoms with van der Waals surface area (Å²) in [5.74, 6) is -0.104. The van der Waals surface area contributed by atoms with Crippen molar-refractivity contribution < 1.29 is 23.9 Å². The first-order chi connectivity index (χ1) is 14.4. The van der Waals surface area contributed by atoms with Crippen LogP contribution in [-0.2, 0) is 20.7 Å². The summed E-state index contributed by atoms with van der Waals surface area (Å²) in [6.07, 6.45) is 1.66. The highest BCUT2D eigenvalue weighted by Gasteiger charge is 2.56. The van der Waals surface area contributed by atoms with E-state index in [1.165, 1.54) is 25.6 Å². The molecular formula is C21H23N3O5S. The number of thiophene rings is 1. The quantitative estimate of drug-likeness (QED) is 0.709. The highest BCUT2D eigenvalue weighted by atomic mass is 32.1. The zero-order valence-electron chi connectivity index (χ0n) is 17.0. The zero-order valence-corrected chi connectivity index (χ0v) is 17.8. The Morgan fingerprint density at radius 1 is 1.27 bits per heavy atom. The second-order valence-corrected chi connectivity index (χ2v) is 8.61. The molecule has 0 unspecified atom stereocenters. The van der Waals surface area contributed by atoms with Crippen LogP contribution in [0.4, 0.5) is 5.69 Å². The van der Waals surface area contributed by atoms with Crippen LogP contribution >= 0.6 is 11.3 Å². The molecule has 30 heavy (non-hydrogen) atoms. The van der Waals surface area contributed by atoms with Gasteiger partial charge >= 0.3 is 5.97 Å². The number of esters is 1. The van der Waals surface area contributed by atoms with Crippen molar-refractivity contribution in [2.45, 2.75) is 38.3 Å². The molecule has 2 fully saturated rings. The summed E-state index contributed by atoms with van der Waals surface area (Å²) in [5, 5.41) is 4.53. The molecule has 1 saturated carbocycles. The summed E-state index contributed by atoms with van der Waals surface area (Å²) < 4.78 is 9.92. The molecule has 8 nitrogen and oxygen atoms in total. The van der Waals surface area contributed by atoms with Gasteiger partial charge in [-0.1, -0.05) is 6.07 Å². The normalized spacial score (nSPS) is 21.7. The summed E-state index contributed by atoms with van der Waals surface area (Å²) in [6, 6.07) is 4.82. The number of carbonyl (C=O) groups excluding carboxylic acids is 3. The number of nitrogens with zero attached hydrogens (tertiary/aromatic N) is 2. The maximum atomic E-state index is 13.1. The van der Waals surface area contributed by atoms with Gasteiger partial charge in [0.15, 0.2) is 0 Å². The van der Waals surface area contributed by atoms with Gasteiger partial charge in [0.2, 0.25) is 17.7 Å². The third kappa shape index (κ3) is 3.77. The van der Waals surface area contributed by atoms with Crippen LogP contribution in [-0.4, -0.2) is 54.0 Å². The van der Waals surface area contributed by atoms with Gasteiger partial charge < -0.3 is 19.7 Å². The van der Waals surface area contributed by atoms with Crippen molar-refractivity contribution in [1.29, 1.82) is 0 Å². The van der Waals surface area contributed by atoms with Crippen molar-refractivity contribution in [2.24, 2.45) is 5.92 Å². The standard InChI is InChI=1S/C21H23N3O5S/c1-11-19(14(10-30-11)21(27)29-3)23-20(26)16-8-12-7-15(12)24(16)18(25)9-13-5-4-6-17(22-13)28-2/h4-6,10,12,15-16H,7-9H2,1-3H3,(H,23,26)/t12-,15-,16+/m0/s1. The number of amides is 2. The van der Waals surface area contributed by atoms with Gasteiger partial charge in [0.1, 0.15) is 6.04 Å². The van der Waals surface area contributed by atoms with Crippen LogP contribution in [0.2, 0.25) is 0 Å². The number of aryl methyl sites for hydroxylation is 1. The Labute approximate surface area is 178 Å². The topological polar surface area (TPSA) is 97.8 Å². The van der Waals surface area contributed by atoms with E-state index in [4.69, 9.17) is 9.47 Å². The minimum Gasteiger partial charge on any atom is -0.481 e. The third-order valence-corrected chi connectivity index (χ3v) is 6.56. The van der Waals surface area contributed by atoms with E-state index in [1.54, 1.807) is 28.5 Å². The number of hydrogen-bond donors (Lipinski definition) is 1. The first-order valence-electron chi connectivity index (χ1n) is 9.71. The Hall–Kier alpha value is -2.94. The molecule has 2 aromatic rings. The SMILES string of the molecule is COC(=O)c1csc(C)c1NC(=O)[C@H]1C[C@@H]2C[C@@H]2N1C(=O)Cc1cccc(OC)n1. The summed E-state index contributed by atoms with van der Waals surface area (Å²) in [7, 11) is 2.83. The van der Waals surface area contributed by atoms with E-state index in [0.29, 0.717) is 35.2 Å². The molecule has 0 radical (unpaired) electrons. The zero-order chi connectivity index (χ0) is 21.4. The predicted octanol–water partition coefficient (Wildman–Crippen LogP) is 2.42. The highest BCUT2D eigenvalue weighted by Crippen LogP contribution is 2.48. The molecule has 2 aliphatic rings. The minimum absolute atomic E-state index is 0.0995. The summed E-state index contributed by atoms with van der Waals surface area (Å²) in [6.45, 7) is 1.83. The monoisotopic (exact) mass is 429 g/mol. The van der Waals surface area contributed by atoms with Gasteiger partial charge in [0.05, 0.1) is 37.6 Å². The van der Waals surface area contributed by atoms with Gasteiger partial charge in [-0.15, -0.1) is 11.3 Å². The number of rotatable bonds is 6. The maximum Gasteiger partial charge on any atom is 0.340 e. The third-order valence-electron chi connectivity index (χ3n) is 5.65. The smallest absolute Gasteiger partial charge is 0.340 e. The molecule has 158 valence electrons. The van der Waals surface area contributed by atoms with Gasteiger partial charge in [0, 0.05) is 22.4 Å². The number of anilines is 1. The summed E-state index contributed by atoms with van der Waals surface area (Å²) >= 11 is 1.36. The van der Waals surface area contributed by atoms with Crippen LogP contribution in [0.3, 0.4) is 0 Å². The van der Waals surface area contributed by atoms with E-state index in [9.17, 15) is 14.4 Å². The van der Waals surface area contributed by atoms with Crippen LogP contribution in [0, 0.1) is 12.8 Å². The molecule has 3 heterocycles. The van der Waals surface area contributed by atoms with Crippen molar-refractivity contribution in [2.75, 3.05) is 19.5 Å². The van der Waals surface area contributed by atoms with Gasteiger partial charge in [-0.05, 0) is 31.7 Å². The fourth-order valence-electron chi connectivity index (χ4n) is 4.04. The molecule has 2 aromatic heterocycles. The van der Waals surface area contributed by atoms with Crippen LogP contribution in [0.15, 0.2) is 23.6 Å². The number of fused-ring (bicyclic) bond motifs is 1. The fraction of sp³-hybridized carbons (Fsp3) is 0.429. The number of carbonyl (C=O) groups is 3. The van der Waals surface area contributed by atoms with E-state index in [2.05, 4.69) is 10.3 Å². The predicted molar refractivity (Wildman–Crippen MR) is 111 cm³/mol. The number of piperidine rings is 1. The van der Waals surface area contributed by atoms with Gasteiger partial charge in [0.25, 0.3) is 0 Å². The molecular weight excluding hydrogens is 406 g/mol. The average Bonchev–Trinajstić information content (AvgIpc) is 3.26. The van der Waals surface area contributed by atoms with Gasteiger partial charge in [-0.3, -0.25) is 9.59 Å². The van der Waals surface area contributed by atoms with Crippen LogP contribution in [0.5, 0.6) is 5.88 Å². The number of methoxy groups -OCH3 is 2. The van der Waals surface area contributed by atoms with Crippen LogP contribution < -0.4 is 10.1 Å². The van der Waals surface area contributed by atoms with Gasteiger partial charge in [-0.25, -0.2) is 9.78 Å². The molecule has 1 N–H and O–H groups in total. The lowest BCUT2D eigenvalue weighted by Crippen LogP contribution is -2.46. The van der Waals surface area contributed by atoms with E-state index >= 15 is 0 Å². The van der Waals surface area contributed by atoms with Crippen molar-refractivity contribution in [3.63, 3.8) is 0 Å². The lowest BCUT2D eigenvalue weighted by atomic mass is 10.1. The molecule has 4 rings (SSSR count). The first kappa shape index (κ1) is 20.3. The van der Waals surface area contributed by atoms with E-state index in [0.717, 1.165) is 11.3 Å². The fourth-order valence-corrected chi connectivity index (χ4v) is 4.83. The average molecular weight is 429 g/mol. The number of ether oxygens (including phenoxy) is 2. The number of pyridine rings is 1. The number of nitrogens with one attached hydrogen (secondary N) is 1. The maximum absolute atomic E-state index is 13.1. The van der Waals surface area contributed by atoms with E-state index < -0.39 is 12.0 Å². The molecule has 1 saturated heterocycles. The van der Waals surface area contributed by atoms with Crippen molar-refractivity contribution >= 4 is 34.8 Å². The minimum atomic E-state index is -0.559. The largest absolute Gasteiger partial charge is 0.481 e. The molecule has 0 bridgehead atoms. The van der Waals surface area contributed by atoms with Crippen LogP contribution in [0.25, 0.3) is 0 Å². The van der Waals surface area contributed by atoms with E-state index in [-0.39, 0.29) is 24.3 Å². The molecule has 1 aliphatic heterocycles. The first-order valence-corrected chi connectivity index (χ1v) is 10.6. The Bertz CT molecular complexity index is 1000. The Balaban J connectivity index is 1.50. The summed E-state index contributed by atoms with van der Waals surface area (Å²) in [5.41, 5.74) is 1.39. The molecule has 3 atom stereocenters. The highest BCUT2D eigenvalue weighted by molar-refractivity contribution is 7.10. The van der Waals surface area contributed by atoms with Gasteiger partial charge in [-0.2, -0.15) is 0 Å². The Morgan fingerprint density at radius 3 is 2.80 bits per heavy atom. The number of likely N-dealkylation sites (tertiary alicyclic amines) is 1. The lowest BCUT2D eigenvalue weighted by Gasteiger charge is -2.27. The lowest BCUT2D eigenvalue weighted by molar-refractivity contribution is -0.137. The molecule has 0 spiro atoms. The van der Waals surface area contributed by atoms with Crippen molar-refractivity contribution in [3.8, 4) is 5.88 Å². The second-order valence-electron chi connectivity index (χ2n) is 7.53. The number of hydrogen-bond acceptors (Lipinski definition) is 7. The Kier molecular flexibility index (Phi) is 5.46. The van der Waals surface area contributed by atoms with Crippen LogP contribution in [0.1, 0.15) is 33.8 Å². The molecule has 0 aromatic carbocycles. The van der Waals surface area contributed by atoms with Crippen molar-refractivity contribution in [1.82, 2.24) is 9.88 Å². The second kappa shape index (κ2) is 8.06. The molecule has 2 amide bonds.